The molecule has 28 heavy (non-hydrogen) atoms. The minimum Gasteiger partial charge on any atom is -0.298 e. The molecule has 0 atom stereocenters. The summed E-state index contributed by atoms with van der Waals surface area (Å²) < 4.78 is 0. The molecule has 0 unspecified atom stereocenters. The molecule has 1 N–H and O–H groups in total. The number of hydrogen-bond donors (Lipinski definition) is 1. The predicted octanol–water partition coefficient (Wildman–Crippen LogP) is 4.90. The smallest absolute Gasteiger partial charge is 0.283 e. The topological polar surface area (TPSA) is 102 Å². The first-order valence-corrected chi connectivity index (χ1v) is 10.2. The van der Waals surface area contributed by atoms with Crippen LogP contribution in [-0.4, -0.2) is 27.9 Å². The fourth-order valence-electron chi connectivity index (χ4n) is 2.55. The molecule has 2 aromatic carbocycles. The van der Waals surface area contributed by atoms with Gasteiger partial charge in [0, 0.05) is 24.1 Å². The van der Waals surface area contributed by atoms with Crippen LogP contribution in [0.3, 0.4) is 0 Å². The number of carbonyl (C=O) groups is 2. The second kappa shape index (κ2) is 8.32. The Morgan fingerprint density at radius 1 is 1.18 bits per heavy atom. The van der Waals surface area contributed by atoms with Gasteiger partial charge < -0.3 is 0 Å². The maximum Gasteiger partial charge on any atom is 0.283 e. The molecule has 9 heteroatoms. The number of benzene rings is 2. The van der Waals surface area contributed by atoms with Crippen molar-refractivity contribution >= 4 is 45.6 Å². The van der Waals surface area contributed by atoms with Gasteiger partial charge in [-0.2, -0.15) is 0 Å². The van der Waals surface area contributed by atoms with E-state index in [9.17, 15) is 19.7 Å². The Kier molecular flexibility index (Phi) is 5.86. The molecule has 1 heterocycles. The van der Waals surface area contributed by atoms with E-state index in [0.717, 1.165) is 16.9 Å². The van der Waals surface area contributed by atoms with Crippen LogP contribution >= 0.6 is 23.1 Å². The van der Waals surface area contributed by atoms with Crippen molar-refractivity contribution in [1.29, 1.82) is 0 Å². The fourth-order valence-corrected chi connectivity index (χ4v) is 3.97. The van der Waals surface area contributed by atoms with Gasteiger partial charge in [0.05, 0.1) is 20.4 Å². The normalized spacial score (nSPS) is 10.5. The van der Waals surface area contributed by atoms with E-state index < -0.39 is 10.8 Å². The molecule has 1 amide bonds. The first-order chi connectivity index (χ1) is 13.4. The van der Waals surface area contributed by atoms with Crippen LogP contribution in [-0.2, 0) is 0 Å². The summed E-state index contributed by atoms with van der Waals surface area (Å²) in [5, 5.41) is 14.1. The molecular weight excluding hydrogens is 398 g/mol. The SMILES string of the molecule is CSc1ccc(C(=O)Nc2nc(-c3ccccc3)c(C(C)=O)s2)cc1[N+](=O)[O-]. The number of aromatic nitrogens is 1. The van der Waals surface area contributed by atoms with E-state index in [-0.39, 0.29) is 22.2 Å². The number of thiazole rings is 1. The summed E-state index contributed by atoms with van der Waals surface area (Å²) in [6, 6.07) is 13.5. The summed E-state index contributed by atoms with van der Waals surface area (Å²) >= 11 is 2.31. The first kappa shape index (κ1) is 19.7. The highest BCUT2D eigenvalue weighted by Gasteiger charge is 2.20. The van der Waals surface area contributed by atoms with Gasteiger partial charge in [-0.05, 0) is 18.4 Å². The molecule has 0 saturated heterocycles. The number of carbonyl (C=O) groups excluding carboxylic acids is 2. The highest BCUT2D eigenvalue weighted by molar-refractivity contribution is 7.98. The van der Waals surface area contributed by atoms with E-state index in [4.69, 9.17) is 0 Å². The molecule has 0 fully saturated rings. The van der Waals surface area contributed by atoms with Gasteiger partial charge in [-0.15, -0.1) is 11.8 Å². The van der Waals surface area contributed by atoms with E-state index >= 15 is 0 Å². The number of Topliss-reactive ketones (excluding diaryl/α,β-unsaturated/α-hetero) is 1. The van der Waals surface area contributed by atoms with Crippen LogP contribution in [0.1, 0.15) is 27.0 Å². The Bertz CT molecular complexity index is 1060. The van der Waals surface area contributed by atoms with Crippen molar-refractivity contribution in [3.63, 3.8) is 0 Å². The van der Waals surface area contributed by atoms with Crippen LogP contribution in [0.4, 0.5) is 10.8 Å². The molecule has 0 aliphatic carbocycles. The number of amides is 1. The number of nitro groups is 1. The molecule has 0 spiro atoms. The second-order valence-electron chi connectivity index (χ2n) is 5.72. The molecule has 142 valence electrons. The van der Waals surface area contributed by atoms with E-state index in [1.165, 1.54) is 36.9 Å². The Balaban J connectivity index is 1.92. The number of hydrogen-bond acceptors (Lipinski definition) is 7. The van der Waals surface area contributed by atoms with Crippen molar-refractivity contribution < 1.29 is 14.5 Å². The molecule has 0 aliphatic rings. The highest BCUT2D eigenvalue weighted by Crippen LogP contribution is 2.32. The van der Waals surface area contributed by atoms with E-state index in [1.54, 1.807) is 6.26 Å². The minimum absolute atomic E-state index is 0.131. The lowest BCUT2D eigenvalue weighted by atomic mass is 10.1. The van der Waals surface area contributed by atoms with Gasteiger partial charge in [-0.25, -0.2) is 4.98 Å². The third-order valence-electron chi connectivity index (χ3n) is 3.85. The van der Waals surface area contributed by atoms with Gasteiger partial charge in [0.15, 0.2) is 10.9 Å². The van der Waals surface area contributed by atoms with Crippen molar-refractivity contribution in [3.8, 4) is 11.3 Å². The Morgan fingerprint density at radius 2 is 1.89 bits per heavy atom. The van der Waals surface area contributed by atoms with E-state index in [2.05, 4.69) is 10.3 Å². The number of thioether (sulfide) groups is 1. The van der Waals surface area contributed by atoms with Crippen LogP contribution in [0, 0.1) is 10.1 Å². The first-order valence-electron chi connectivity index (χ1n) is 8.11. The van der Waals surface area contributed by atoms with Crippen molar-refractivity contribution in [3.05, 3.63) is 69.1 Å². The number of nitrogens with one attached hydrogen (secondary N) is 1. The van der Waals surface area contributed by atoms with Gasteiger partial charge in [0.1, 0.15) is 0 Å². The zero-order chi connectivity index (χ0) is 20.3. The zero-order valence-corrected chi connectivity index (χ0v) is 16.6. The van der Waals surface area contributed by atoms with Crippen molar-refractivity contribution in [2.45, 2.75) is 11.8 Å². The summed E-state index contributed by atoms with van der Waals surface area (Å²) in [5.41, 5.74) is 1.28. The molecule has 3 rings (SSSR count). The number of ketones is 1. The largest absolute Gasteiger partial charge is 0.298 e. The van der Waals surface area contributed by atoms with Crippen LogP contribution in [0.5, 0.6) is 0 Å². The van der Waals surface area contributed by atoms with Crippen molar-refractivity contribution in [2.24, 2.45) is 0 Å². The standard InChI is InChI=1S/C19H15N3O4S2/c1-11(23)17-16(12-6-4-3-5-7-12)20-19(28-17)21-18(24)13-8-9-15(27-2)14(10-13)22(25)26/h3-10H,1-2H3,(H,20,21,24). The van der Waals surface area contributed by atoms with Crippen LogP contribution in [0.25, 0.3) is 11.3 Å². The van der Waals surface area contributed by atoms with E-state index in [0.29, 0.717) is 15.5 Å². The van der Waals surface area contributed by atoms with Gasteiger partial charge >= 0.3 is 0 Å². The molecule has 0 bridgehead atoms. The number of nitro benzene ring substituents is 1. The Hall–Kier alpha value is -3.04. The summed E-state index contributed by atoms with van der Waals surface area (Å²) in [6.07, 6.45) is 1.73. The van der Waals surface area contributed by atoms with E-state index in [1.807, 2.05) is 30.3 Å². The lowest BCUT2D eigenvalue weighted by molar-refractivity contribution is -0.387. The van der Waals surface area contributed by atoms with Crippen LogP contribution in [0.15, 0.2) is 53.4 Å². The predicted molar refractivity (Wildman–Crippen MR) is 110 cm³/mol. The molecule has 0 aliphatic heterocycles. The molecule has 7 nitrogen and oxygen atoms in total. The maximum atomic E-state index is 12.6. The average molecular weight is 413 g/mol. The molecule has 0 saturated carbocycles. The summed E-state index contributed by atoms with van der Waals surface area (Å²) in [6.45, 7) is 1.44. The lowest BCUT2D eigenvalue weighted by Crippen LogP contribution is -2.12. The average Bonchev–Trinajstić information content (AvgIpc) is 3.12. The maximum absolute atomic E-state index is 12.6. The summed E-state index contributed by atoms with van der Waals surface area (Å²) in [5.74, 6) is -0.684. The molecule has 1 aromatic heterocycles. The van der Waals surface area contributed by atoms with Gasteiger partial charge in [0.2, 0.25) is 0 Å². The summed E-state index contributed by atoms with van der Waals surface area (Å²) in [7, 11) is 0. The minimum atomic E-state index is -0.529. The zero-order valence-electron chi connectivity index (χ0n) is 15.0. The van der Waals surface area contributed by atoms with Crippen molar-refractivity contribution in [1.82, 2.24) is 4.98 Å². The van der Waals surface area contributed by atoms with Gasteiger partial charge in [0.25, 0.3) is 11.6 Å². The number of anilines is 1. The van der Waals surface area contributed by atoms with Gasteiger partial charge in [-0.1, -0.05) is 41.7 Å². The van der Waals surface area contributed by atoms with Crippen molar-refractivity contribution in [2.75, 3.05) is 11.6 Å². The number of rotatable bonds is 6. The second-order valence-corrected chi connectivity index (χ2v) is 7.56. The van der Waals surface area contributed by atoms with Crippen LogP contribution < -0.4 is 5.32 Å². The Morgan fingerprint density at radius 3 is 2.50 bits per heavy atom. The third kappa shape index (κ3) is 4.10. The molecular formula is C19H15N3O4S2. The fraction of sp³-hybridized carbons (Fsp3) is 0.105. The third-order valence-corrected chi connectivity index (χ3v) is 5.71. The number of nitrogens with zero attached hydrogens (tertiary/aromatic N) is 2. The molecule has 3 aromatic rings. The summed E-state index contributed by atoms with van der Waals surface area (Å²) in [4.78, 5) is 40.5. The lowest BCUT2D eigenvalue weighted by Gasteiger charge is -2.04. The van der Waals surface area contributed by atoms with Gasteiger partial charge in [-0.3, -0.25) is 25.0 Å². The van der Waals surface area contributed by atoms with Crippen LogP contribution in [0.2, 0.25) is 0 Å². The molecule has 0 radical (unpaired) electrons. The quantitative estimate of drug-likeness (QED) is 0.267. The highest BCUT2D eigenvalue weighted by atomic mass is 32.2. The monoisotopic (exact) mass is 413 g/mol. The Labute approximate surface area is 169 Å².